The summed E-state index contributed by atoms with van der Waals surface area (Å²) in [6.45, 7) is 5.00. The number of carboxylic acids is 2. The fraction of sp³-hybridized carbons (Fsp3) is 0.294. The number of nitrogens with two attached hydrogens (primary N) is 1. The number of aliphatic carboxylic acids is 2. The lowest BCUT2D eigenvalue weighted by Gasteiger charge is -2.50. The number of thioether (sulfide) groups is 1. The van der Waals surface area contributed by atoms with E-state index in [1.54, 1.807) is 0 Å². The van der Waals surface area contributed by atoms with Gasteiger partial charge in [0, 0.05) is 47.6 Å². The molecule has 0 unspecified atom stereocenters. The van der Waals surface area contributed by atoms with Crippen LogP contribution in [0.15, 0.2) is 81.8 Å². The van der Waals surface area contributed by atoms with E-state index in [4.69, 9.17) is 10.6 Å². The van der Waals surface area contributed by atoms with Crippen molar-refractivity contribution in [2.24, 2.45) is 10.1 Å². The number of pyridine rings is 1. The zero-order valence-electron chi connectivity index (χ0n) is 27.9. The van der Waals surface area contributed by atoms with Crippen molar-refractivity contribution >= 4 is 74.4 Å². The van der Waals surface area contributed by atoms with E-state index in [0.29, 0.717) is 12.1 Å². The molecule has 1 aromatic carbocycles. The number of carbonyl (C=O) groups is 4. The lowest BCUT2D eigenvalue weighted by molar-refractivity contribution is -0.687. The molecule has 7 rings (SSSR count). The molecular formula is C34H33N9O7S2. The number of nitrogen functional groups attached to an aromatic ring is 1. The van der Waals surface area contributed by atoms with Crippen molar-refractivity contribution in [3.63, 3.8) is 0 Å². The van der Waals surface area contributed by atoms with Crippen LogP contribution < -0.4 is 26.0 Å². The number of hydrogen-bond acceptors (Lipinski definition) is 13. The molecule has 0 saturated carbocycles. The first-order valence-corrected chi connectivity index (χ1v) is 18.1. The van der Waals surface area contributed by atoms with E-state index in [9.17, 15) is 29.4 Å². The van der Waals surface area contributed by atoms with Crippen LogP contribution in [-0.4, -0.2) is 90.7 Å². The van der Waals surface area contributed by atoms with E-state index < -0.39 is 46.5 Å². The van der Waals surface area contributed by atoms with E-state index in [2.05, 4.69) is 54.6 Å². The number of hydrogen-bond donors (Lipinski definition) is 4. The van der Waals surface area contributed by atoms with Gasteiger partial charge in [-0.05, 0) is 25.5 Å². The average Bonchev–Trinajstić information content (AvgIpc) is 3.89. The first-order valence-electron chi connectivity index (χ1n) is 16.1. The number of nitrogens with one attached hydrogen (secondary N) is 2. The first-order chi connectivity index (χ1) is 24.9. The Morgan fingerprint density at radius 3 is 2.69 bits per heavy atom. The molecule has 52 heavy (non-hydrogen) atoms. The maximum Gasteiger partial charge on any atom is 0.350 e. The number of carboxylic acid groups (broad SMARTS) is 2. The van der Waals surface area contributed by atoms with Crippen molar-refractivity contribution in [2.75, 3.05) is 24.6 Å². The number of carbonyl (C=O) groups excluding carboxylic acids is 3. The molecule has 0 radical (unpaired) electrons. The van der Waals surface area contributed by atoms with Gasteiger partial charge in [0.2, 0.25) is 5.60 Å². The number of benzene rings is 1. The monoisotopic (exact) mass is 743 g/mol. The molecule has 1 fully saturated rings. The maximum absolute atomic E-state index is 13.4. The highest BCUT2D eigenvalue weighted by Crippen LogP contribution is 2.40. The minimum Gasteiger partial charge on any atom is -0.543 e. The predicted molar refractivity (Wildman–Crippen MR) is 190 cm³/mol. The van der Waals surface area contributed by atoms with Crippen LogP contribution in [0.25, 0.3) is 10.9 Å². The first kappa shape index (κ1) is 34.7. The molecule has 16 nitrogen and oxygen atoms in total. The highest BCUT2D eigenvalue weighted by molar-refractivity contribution is 8.00. The van der Waals surface area contributed by atoms with Gasteiger partial charge in [-0.15, -0.1) is 23.1 Å². The standard InChI is InChI=1S/C34H33N9O7S2/c1-34(2,32(48)49)50-40-24(22-17-52-33(35)38-22)28(44)39-25-29(45)43-26(31(46)47)21(16-51-30(25)43)15-41-11-8-23-20(14-41)7-12-42(23)13-18-3-5-19(6-4-18)27-36-9-10-37-27/h3-8,11-12,14,17,25,30H,9-10,13,15-16H2,1-2H3,(H5-,35,36,37,38,39,44,46,47,48,49)/t25-,30-/m1/s1. The Balaban J connectivity index is 1.05. The van der Waals surface area contributed by atoms with Crippen LogP contribution in [0, 0.1) is 0 Å². The molecule has 1 saturated heterocycles. The predicted octanol–water partition coefficient (Wildman–Crippen LogP) is 0.0536. The number of anilines is 1. The molecule has 5 N–H and O–H groups in total. The number of oxime groups is 1. The van der Waals surface area contributed by atoms with E-state index in [-0.39, 0.29) is 28.8 Å². The third-order valence-electron chi connectivity index (χ3n) is 8.78. The molecule has 3 aromatic heterocycles. The Labute approximate surface area is 304 Å². The van der Waals surface area contributed by atoms with Gasteiger partial charge in [-0.1, -0.05) is 29.4 Å². The van der Waals surface area contributed by atoms with Crippen molar-refractivity contribution in [1.29, 1.82) is 0 Å². The largest absolute Gasteiger partial charge is 0.543 e. The second-order valence-electron chi connectivity index (χ2n) is 12.8. The number of aromatic nitrogens is 3. The summed E-state index contributed by atoms with van der Waals surface area (Å²) in [6.07, 6.45) is 5.80. The topological polar surface area (TPSA) is 221 Å². The highest BCUT2D eigenvalue weighted by atomic mass is 32.2. The zero-order chi connectivity index (χ0) is 36.7. The maximum atomic E-state index is 13.4. The van der Waals surface area contributed by atoms with Crippen molar-refractivity contribution in [2.45, 2.75) is 44.0 Å². The minimum atomic E-state index is -1.78. The van der Waals surface area contributed by atoms with Gasteiger partial charge in [0.25, 0.3) is 11.8 Å². The van der Waals surface area contributed by atoms with Crippen LogP contribution in [-0.2, 0) is 37.1 Å². The number of β-lactam (4-membered cyclic amide) rings is 1. The van der Waals surface area contributed by atoms with Crippen molar-refractivity contribution < 1.29 is 38.8 Å². The molecule has 18 heteroatoms. The second-order valence-corrected chi connectivity index (χ2v) is 14.8. The van der Waals surface area contributed by atoms with Crippen molar-refractivity contribution in [3.05, 3.63) is 88.5 Å². The molecule has 0 bridgehead atoms. The highest BCUT2D eigenvalue weighted by Gasteiger charge is 2.53. The quantitative estimate of drug-likeness (QED) is 0.0658. The summed E-state index contributed by atoms with van der Waals surface area (Å²) in [5.74, 6) is -3.18. The number of aliphatic imine (C=N–C) groups is 1. The summed E-state index contributed by atoms with van der Waals surface area (Å²) < 4.78 is 4.00. The minimum absolute atomic E-state index is 0.0184. The number of amidine groups is 1. The van der Waals surface area contributed by atoms with E-state index in [1.807, 2.05) is 35.3 Å². The van der Waals surface area contributed by atoms with Gasteiger partial charge in [-0.3, -0.25) is 19.5 Å². The fourth-order valence-corrected chi connectivity index (χ4v) is 7.89. The molecule has 2 atom stereocenters. The molecular weight excluding hydrogens is 711 g/mol. The molecule has 0 aliphatic carbocycles. The number of thiazole rings is 1. The van der Waals surface area contributed by atoms with Gasteiger partial charge in [0.1, 0.15) is 22.9 Å². The lowest BCUT2D eigenvalue weighted by Crippen LogP contribution is -2.71. The average molecular weight is 744 g/mol. The Morgan fingerprint density at radius 2 is 2.02 bits per heavy atom. The van der Waals surface area contributed by atoms with Crippen molar-refractivity contribution in [3.8, 4) is 0 Å². The fourth-order valence-electron chi connectivity index (χ4n) is 6.01. The molecule has 268 valence electrons. The Kier molecular flexibility index (Phi) is 9.18. The van der Waals surface area contributed by atoms with E-state index in [0.717, 1.165) is 57.2 Å². The van der Waals surface area contributed by atoms with Crippen LogP contribution in [0.2, 0.25) is 0 Å². The lowest BCUT2D eigenvalue weighted by atomic mass is 10.0. The summed E-state index contributed by atoms with van der Waals surface area (Å²) >= 11 is 2.32. The SMILES string of the molecule is CC(C)(ON=C(C(=O)N[C@@H]1C(=O)N2C(C(=O)[O-])=C(C[n+]3ccc4c(ccn4Cc4ccc(C5=NCCN5)cc4)c3)CS[C@H]12)c1csc(N)n1)C(=O)O. The number of rotatable bonds is 12. The molecule has 4 aromatic rings. The number of nitrogens with zero attached hydrogens (tertiary/aromatic N) is 6. The van der Waals surface area contributed by atoms with Crippen molar-refractivity contribution in [1.82, 2.24) is 25.1 Å². The summed E-state index contributed by atoms with van der Waals surface area (Å²) in [6, 6.07) is 11.2. The molecule has 0 spiro atoms. The molecule has 2 amide bonds. The number of amides is 2. The Morgan fingerprint density at radius 1 is 1.23 bits per heavy atom. The second kappa shape index (κ2) is 13.8. The Hall–Kier alpha value is -5.75. The number of fused-ring (bicyclic) bond motifs is 2. The van der Waals surface area contributed by atoms with Gasteiger partial charge >= 0.3 is 5.97 Å². The van der Waals surface area contributed by atoms with Gasteiger partial charge in [-0.2, -0.15) is 0 Å². The van der Waals surface area contributed by atoms with Crippen LogP contribution in [0.3, 0.4) is 0 Å². The van der Waals surface area contributed by atoms with E-state index in [1.165, 1.54) is 31.0 Å². The summed E-state index contributed by atoms with van der Waals surface area (Å²) in [4.78, 5) is 65.5. The summed E-state index contributed by atoms with van der Waals surface area (Å²) in [5.41, 5.74) is 7.02. The normalized spacial score (nSPS) is 18.8. The Bertz CT molecular complexity index is 2210. The van der Waals surface area contributed by atoms with Crippen LogP contribution in [0.4, 0.5) is 5.13 Å². The molecule has 6 heterocycles. The van der Waals surface area contributed by atoms with Crippen LogP contribution in [0.1, 0.15) is 30.7 Å². The summed E-state index contributed by atoms with van der Waals surface area (Å²) in [5, 5.41) is 33.3. The van der Waals surface area contributed by atoms with Crippen LogP contribution >= 0.6 is 23.1 Å². The van der Waals surface area contributed by atoms with Gasteiger partial charge in [0.05, 0.1) is 29.1 Å². The zero-order valence-corrected chi connectivity index (χ0v) is 29.6. The van der Waals surface area contributed by atoms with Gasteiger partial charge < -0.3 is 40.8 Å². The summed E-state index contributed by atoms with van der Waals surface area (Å²) in [7, 11) is 0. The third kappa shape index (κ3) is 6.69. The smallest absolute Gasteiger partial charge is 0.350 e. The molecule has 3 aliphatic heterocycles. The molecule has 3 aliphatic rings. The van der Waals surface area contributed by atoms with Gasteiger partial charge in [-0.25, -0.2) is 14.3 Å². The van der Waals surface area contributed by atoms with E-state index >= 15 is 0 Å². The van der Waals surface area contributed by atoms with Gasteiger partial charge in [0.15, 0.2) is 29.8 Å². The third-order valence-corrected chi connectivity index (χ3v) is 10.8. The van der Waals surface area contributed by atoms with Crippen LogP contribution in [0.5, 0.6) is 0 Å².